The molecule has 6 nitrogen and oxygen atoms in total. The van der Waals surface area contributed by atoms with Gasteiger partial charge in [-0.2, -0.15) is 0 Å². The first-order valence-corrected chi connectivity index (χ1v) is 11.7. The molecule has 0 atom stereocenters. The Morgan fingerprint density at radius 1 is 0.895 bits per heavy atom. The molecule has 0 saturated heterocycles. The van der Waals surface area contributed by atoms with Crippen molar-refractivity contribution in [3.63, 3.8) is 0 Å². The zero-order valence-corrected chi connectivity index (χ0v) is 14.4. The molecule has 0 aromatic carbocycles. The monoisotopic (exact) mass is 380 g/mol. The van der Waals surface area contributed by atoms with Gasteiger partial charge >= 0.3 is 118 Å². The van der Waals surface area contributed by atoms with Crippen molar-refractivity contribution in [2.24, 2.45) is 0 Å². The van der Waals surface area contributed by atoms with E-state index in [9.17, 15) is 14.4 Å². The van der Waals surface area contributed by atoms with Gasteiger partial charge in [0, 0.05) is 0 Å². The number of rotatable bonds is 8. The van der Waals surface area contributed by atoms with Crippen LogP contribution in [0.3, 0.4) is 0 Å². The molecule has 108 valence electrons. The summed E-state index contributed by atoms with van der Waals surface area (Å²) >= 11 is -4.57. The Hall–Kier alpha value is -1.05. The second kappa shape index (κ2) is 8.95. The van der Waals surface area contributed by atoms with E-state index in [1.807, 2.05) is 0 Å². The molecule has 0 heterocycles. The summed E-state index contributed by atoms with van der Waals surface area (Å²) in [7, 11) is 0. The van der Waals surface area contributed by atoms with E-state index in [1.165, 1.54) is 6.08 Å². The number of hydrogen-bond acceptors (Lipinski definition) is 6. The van der Waals surface area contributed by atoms with Crippen molar-refractivity contribution in [2.75, 3.05) is 0 Å². The van der Waals surface area contributed by atoms with Crippen molar-refractivity contribution < 1.29 is 23.6 Å². The van der Waals surface area contributed by atoms with Crippen molar-refractivity contribution in [3.05, 3.63) is 12.7 Å². The van der Waals surface area contributed by atoms with E-state index >= 15 is 0 Å². The fourth-order valence-electron chi connectivity index (χ4n) is 1.10. The van der Waals surface area contributed by atoms with Gasteiger partial charge < -0.3 is 0 Å². The van der Waals surface area contributed by atoms with Crippen molar-refractivity contribution in [3.8, 4) is 0 Å². The predicted molar refractivity (Wildman–Crippen MR) is 69.9 cm³/mol. The average Bonchev–Trinajstić information content (AvgIpc) is 2.38. The van der Waals surface area contributed by atoms with Gasteiger partial charge in [0.15, 0.2) is 0 Å². The fourth-order valence-corrected chi connectivity index (χ4v) is 7.39. The molecule has 19 heavy (non-hydrogen) atoms. The van der Waals surface area contributed by atoms with Gasteiger partial charge in [-0.05, 0) is 0 Å². The SMILES string of the molecule is C=C[CH2][Sn]([O]C(=O)CC)([O]C(=O)CC)[O]C(=O)CC. The van der Waals surface area contributed by atoms with Crippen LogP contribution in [-0.2, 0) is 23.6 Å². The average molecular weight is 379 g/mol. The first kappa shape index (κ1) is 17.9. The summed E-state index contributed by atoms with van der Waals surface area (Å²) in [5.74, 6) is -1.65. The van der Waals surface area contributed by atoms with Crippen molar-refractivity contribution >= 4 is 37.5 Å². The van der Waals surface area contributed by atoms with Gasteiger partial charge in [0.1, 0.15) is 0 Å². The Labute approximate surface area is 118 Å². The third kappa shape index (κ3) is 6.60. The molecule has 0 spiro atoms. The predicted octanol–water partition coefficient (Wildman–Crippen LogP) is 1.97. The Bertz CT molecular complexity index is 307. The third-order valence-electron chi connectivity index (χ3n) is 2.07. The summed E-state index contributed by atoms with van der Waals surface area (Å²) in [5.41, 5.74) is 0. The number of hydrogen-bond donors (Lipinski definition) is 0. The third-order valence-corrected chi connectivity index (χ3v) is 8.93. The summed E-state index contributed by atoms with van der Waals surface area (Å²) < 4.78 is 15.6. The quantitative estimate of drug-likeness (QED) is 0.474. The summed E-state index contributed by atoms with van der Waals surface area (Å²) in [6, 6.07) is 0. The normalized spacial score (nSPS) is 10.5. The second-order valence-corrected chi connectivity index (χ2v) is 10.5. The molecule has 0 fully saturated rings. The summed E-state index contributed by atoms with van der Waals surface area (Å²) in [5, 5.41) is 0. The molecular formula is C12H20O6Sn. The molecule has 0 radical (unpaired) electrons. The van der Waals surface area contributed by atoms with Crippen LogP contribution >= 0.6 is 0 Å². The van der Waals surface area contributed by atoms with Gasteiger partial charge in [0.05, 0.1) is 0 Å². The molecule has 0 bridgehead atoms. The molecule has 0 N–H and O–H groups in total. The molecule has 0 saturated carbocycles. The Morgan fingerprint density at radius 2 is 1.21 bits per heavy atom. The van der Waals surface area contributed by atoms with E-state index in [1.54, 1.807) is 20.8 Å². The number of carbonyl (C=O) groups excluding carboxylic acids is 3. The maximum atomic E-state index is 11.5. The molecule has 7 heteroatoms. The molecule has 0 rings (SSSR count). The van der Waals surface area contributed by atoms with Crippen LogP contribution in [0.1, 0.15) is 40.0 Å². The van der Waals surface area contributed by atoms with Crippen LogP contribution < -0.4 is 0 Å². The van der Waals surface area contributed by atoms with Crippen LogP contribution in [0.2, 0.25) is 4.44 Å². The second-order valence-electron chi connectivity index (χ2n) is 3.66. The van der Waals surface area contributed by atoms with E-state index in [2.05, 4.69) is 6.58 Å². The van der Waals surface area contributed by atoms with Gasteiger partial charge in [-0.25, -0.2) is 0 Å². The van der Waals surface area contributed by atoms with Crippen molar-refractivity contribution in [1.29, 1.82) is 0 Å². The van der Waals surface area contributed by atoms with E-state index < -0.39 is 37.5 Å². The van der Waals surface area contributed by atoms with E-state index in [-0.39, 0.29) is 23.7 Å². The molecule has 0 aromatic rings. The van der Waals surface area contributed by atoms with Gasteiger partial charge in [0.2, 0.25) is 0 Å². The fraction of sp³-hybridized carbons (Fsp3) is 0.583. The Morgan fingerprint density at radius 3 is 1.42 bits per heavy atom. The van der Waals surface area contributed by atoms with Crippen LogP contribution in [0.4, 0.5) is 0 Å². The number of allylic oxidation sites excluding steroid dienone is 1. The molecule has 0 unspecified atom stereocenters. The first-order valence-electron chi connectivity index (χ1n) is 6.19. The number of carbonyl (C=O) groups is 3. The van der Waals surface area contributed by atoms with Crippen molar-refractivity contribution in [1.82, 2.24) is 0 Å². The van der Waals surface area contributed by atoms with Gasteiger partial charge in [-0.1, -0.05) is 0 Å². The van der Waals surface area contributed by atoms with E-state index in [0.717, 1.165) is 0 Å². The van der Waals surface area contributed by atoms with Gasteiger partial charge in [-0.15, -0.1) is 0 Å². The van der Waals surface area contributed by atoms with Crippen molar-refractivity contribution in [2.45, 2.75) is 44.5 Å². The molecule has 0 aliphatic rings. The molecule has 0 amide bonds. The molecule has 0 aromatic heterocycles. The summed E-state index contributed by atoms with van der Waals surface area (Å²) in [6.45, 7) is 8.35. The zero-order chi connectivity index (χ0) is 14.9. The van der Waals surface area contributed by atoms with Crippen LogP contribution in [0, 0.1) is 0 Å². The van der Waals surface area contributed by atoms with Crippen LogP contribution in [0.5, 0.6) is 0 Å². The topological polar surface area (TPSA) is 78.9 Å². The molecule has 0 aliphatic carbocycles. The van der Waals surface area contributed by atoms with E-state index in [0.29, 0.717) is 0 Å². The summed E-state index contributed by atoms with van der Waals surface area (Å²) in [6.07, 6.45) is 1.78. The standard InChI is InChI=1S/3C3H6O2.C3H5.Sn/c3*1-2-3(4)5;1-3-2;/h3*2H2,1H3,(H,4,5);3H,1-2H2;/q;;;;+3/p-3. The minimum atomic E-state index is -4.57. The van der Waals surface area contributed by atoms with E-state index in [4.69, 9.17) is 9.22 Å². The van der Waals surface area contributed by atoms with Crippen LogP contribution in [0.25, 0.3) is 0 Å². The van der Waals surface area contributed by atoms with Gasteiger partial charge in [-0.3, -0.25) is 0 Å². The maximum absolute atomic E-state index is 11.5. The molecule has 0 aliphatic heterocycles. The summed E-state index contributed by atoms with van der Waals surface area (Å²) in [4.78, 5) is 34.4. The van der Waals surface area contributed by atoms with Crippen LogP contribution in [0.15, 0.2) is 12.7 Å². The van der Waals surface area contributed by atoms with Crippen LogP contribution in [-0.4, -0.2) is 37.5 Å². The minimum absolute atomic E-state index is 0.0813. The Kier molecular flexibility index (Phi) is 8.45. The molecular weight excluding hydrogens is 359 g/mol. The zero-order valence-electron chi connectivity index (χ0n) is 11.6. The Balaban J connectivity index is 5.18. The first-order chi connectivity index (χ1) is 8.92. The van der Waals surface area contributed by atoms with Gasteiger partial charge in [0.25, 0.3) is 0 Å².